The van der Waals surface area contributed by atoms with Crippen LogP contribution in [-0.2, 0) is 19.1 Å². The van der Waals surface area contributed by atoms with Crippen LogP contribution in [0.15, 0.2) is 42.5 Å². The van der Waals surface area contributed by atoms with Gasteiger partial charge in [-0.05, 0) is 55.7 Å². The Bertz CT molecular complexity index is 620. The number of benzene rings is 1. The molecule has 24 heavy (non-hydrogen) atoms. The highest BCUT2D eigenvalue weighted by molar-refractivity contribution is 5.87. The molecule has 0 aliphatic heterocycles. The fourth-order valence-corrected chi connectivity index (χ4v) is 2.88. The number of esters is 2. The van der Waals surface area contributed by atoms with E-state index in [-0.39, 0.29) is 18.0 Å². The molecule has 1 fully saturated rings. The summed E-state index contributed by atoms with van der Waals surface area (Å²) in [5, 5.41) is 0. The van der Waals surface area contributed by atoms with Crippen molar-refractivity contribution in [2.24, 2.45) is 0 Å². The first-order valence-corrected chi connectivity index (χ1v) is 8.22. The lowest BCUT2D eigenvalue weighted by molar-refractivity contribution is -0.145. The molecule has 0 spiro atoms. The van der Waals surface area contributed by atoms with E-state index in [9.17, 15) is 9.59 Å². The average Bonchev–Trinajstić information content (AvgIpc) is 2.60. The first-order chi connectivity index (χ1) is 11.5. The fraction of sp³-hybridized carbons (Fsp3) is 0.400. The second-order valence-corrected chi connectivity index (χ2v) is 6.18. The highest BCUT2D eigenvalue weighted by Gasteiger charge is 2.24. The molecule has 1 aliphatic carbocycles. The van der Waals surface area contributed by atoms with Crippen LogP contribution < -0.4 is 0 Å². The number of hydrogen-bond donors (Lipinski definition) is 0. The predicted octanol–water partition coefficient (Wildman–Crippen LogP) is 4.02. The summed E-state index contributed by atoms with van der Waals surface area (Å²) in [6.07, 6.45) is 6.94. The molecule has 0 bridgehead atoms. The van der Waals surface area contributed by atoms with Gasteiger partial charge < -0.3 is 9.47 Å². The van der Waals surface area contributed by atoms with E-state index in [2.05, 4.69) is 23.4 Å². The quantitative estimate of drug-likeness (QED) is 0.605. The van der Waals surface area contributed by atoms with E-state index in [4.69, 9.17) is 4.74 Å². The molecule has 1 aliphatic rings. The zero-order chi connectivity index (χ0) is 17.5. The molecule has 4 heteroatoms. The maximum atomic E-state index is 11.6. The van der Waals surface area contributed by atoms with Gasteiger partial charge in [0.05, 0.1) is 7.11 Å². The van der Waals surface area contributed by atoms with E-state index in [0.29, 0.717) is 11.5 Å². The highest BCUT2D eigenvalue weighted by Crippen LogP contribution is 2.34. The zero-order valence-electron chi connectivity index (χ0n) is 14.3. The van der Waals surface area contributed by atoms with Gasteiger partial charge in [-0.1, -0.05) is 30.8 Å². The van der Waals surface area contributed by atoms with Crippen molar-refractivity contribution in [3.05, 3.63) is 53.6 Å². The topological polar surface area (TPSA) is 52.6 Å². The summed E-state index contributed by atoms with van der Waals surface area (Å²) in [5.74, 6) is -0.162. The average molecular weight is 328 g/mol. The fourth-order valence-electron chi connectivity index (χ4n) is 2.88. The van der Waals surface area contributed by atoms with Crippen molar-refractivity contribution in [1.82, 2.24) is 0 Å². The number of methoxy groups -OCH3 is 1. The third-order valence-corrected chi connectivity index (χ3v) is 4.32. The Hall–Kier alpha value is -2.36. The molecule has 4 nitrogen and oxygen atoms in total. The lowest BCUT2D eigenvalue weighted by atomic mass is 9.82. The van der Waals surface area contributed by atoms with Crippen molar-refractivity contribution in [3.8, 4) is 0 Å². The molecule has 0 atom stereocenters. The first-order valence-electron chi connectivity index (χ1n) is 8.22. The molecule has 1 saturated carbocycles. The number of hydrogen-bond acceptors (Lipinski definition) is 4. The number of carbonyl (C=O) groups is 2. The molecular formula is C20H24O4. The van der Waals surface area contributed by atoms with Gasteiger partial charge in [0.1, 0.15) is 6.10 Å². The van der Waals surface area contributed by atoms with Crippen molar-refractivity contribution in [1.29, 1.82) is 0 Å². The monoisotopic (exact) mass is 328 g/mol. The lowest BCUT2D eigenvalue weighted by Gasteiger charge is -2.28. The number of carbonyl (C=O) groups excluding carboxylic acids is 2. The van der Waals surface area contributed by atoms with E-state index in [0.717, 1.165) is 31.2 Å². The predicted molar refractivity (Wildman–Crippen MR) is 93.4 cm³/mol. The van der Waals surface area contributed by atoms with Crippen LogP contribution in [0.2, 0.25) is 0 Å². The summed E-state index contributed by atoms with van der Waals surface area (Å²) in [6.45, 7) is 5.28. The van der Waals surface area contributed by atoms with Crippen molar-refractivity contribution >= 4 is 18.0 Å². The molecular weight excluding hydrogens is 304 g/mol. The van der Waals surface area contributed by atoms with E-state index in [1.54, 1.807) is 13.0 Å². The van der Waals surface area contributed by atoms with Crippen LogP contribution >= 0.6 is 0 Å². The molecule has 1 aromatic rings. The highest BCUT2D eigenvalue weighted by atomic mass is 16.5. The third-order valence-electron chi connectivity index (χ3n) is 4.32. The Kier molecular flexibility index (Phi) is 6.36. The van der Waals surface area contributed by atoms with Crippen molar-refractivity contribution in [2.75, 3.05) is 7.11 Å². The van der Waals surface area contributed by atoms with Gasteiger partial charge in [-0.25, -0.2) is 9.59 Å². The van der Waals surface area contributed by atoms with Gasteiger partial charge in [0.15, 0.2) is 0 Å². The van der Waals surface area contributed by atoms with Crippen molar-refractivity contribution < 1.29 is 19.1 Å². The first kappa shape index (κ1) is 18.0. The Morgan fingerprint density at radius 3 is 2.29 bits per heavy atom. The van der Waals surface area contributed by atoms with Crippen LogP contribution in [0.1, 0.15) is 49.7 Å². The maximum Gasteiger partial charge on any atom is 0.333 e. The van der Waals surface area contributed by atoms with E-state index in [1.165, 1.54) is 18.7 Å². The minimum absolute atomic E-state index is 0.00714. The molecule has 128 valence electrons. The minimum atomic E-state index is -0.360. The molecule has 0 amide bonds. The van der Waals surface area contributed by atoms with Gasteiger partial charge in [0.2, 0.25) is 0 Å². The van der Waals surface area contributed by atoms with Gasteiger partial charge in [0, 0.05) is 11.6 Å². The normalized spacial score (nSPS) is 20.6. The lowest BCUT2D eigenvalue weighted by Crippen LogP contribution is -2.24. The molecule has 2 rings (SSSR count). The van der Waals surface area contributed by atoms with Crippen LogP contribution in [0.25, 0.3) is 6.08 Å². The Morgan fingerprint density at radius 2 is 1.75 bits per heavy atom. The Morgan fingerprint density at radius 1 is 1.12 bits per heavy atom. The second kappa shape index (κ2) is 8.48. The van der Waals surface area contributed by atoms with Gasteiger partial charge >= 0.3 is 11.9 Å². The standard InChI is InChI=1S/C20H24O4/c1-14(2)20(22)24-18-11-9-17(10-12-18)16-7-4-15(5-8-16)6-13-19(21)23-3/h4-8,13,17-18H,1,9-12H2,2-3H3/b13-6+. The number of rotatable bonds is 5. The number of ether oxygens (including phenoxy) is 2. The molecule has 0 radical (unpaired) electrons. The van der Waals surface area contributed by atoms with E-state index in [1.807, 2.05) is 12.1 Å². The van der Waals surface area contributed by atoms with Crippen molar-refractivity contribution in [2.45, 2.75) is 44.6 Å². The molecule has 0 aromatic heterocycles. The van der Waals surface area contributed by atoms with Crippen LogP contribution in [-0.4, -0.2) is 25.2 Å². The molecule has 0 saturated heterocycles. The minimum Gasteiger partial charge on any atom is -0.466 e. The maximum absolute atomic E-state index is 11.6. The summed E-state index contributed by atoms with van der Waals surface area (Å²) in [5.41, 5.74) is 2.70. The molecule has 0 heterocycles. The van der Waals surface area contributed by atoms with E-state index < -0.39 is 0 Å². The third kappa shape index (κ3) is 5.08. The summed E-state index contributed by atoms with van der Waals surface area (Å²) < 4.78 is 10.0. The zero-order valence-corrected chi connectivity index (χ0v) is 14.3. The van der Waals surface area contributed by atoms with Gasteiger partial charge in [-0.3, -0.25) is 0 Å². The van der Waals surface area contributed by atoms with Crippen LogP contribution in [0, 0.1) is 0 Å². The van der Waals surface area contributed by atoms with Gasteiger partial charge in [0.25, 0.3) is 0 Å². The van der Waals surface area contributed by atoms with Crippen molar-refractivity contribution in [3.63, 3.8) is 0 Å². The summed E-state index contributed by atoms with van der Waals surface area (Å²) in [4.78, 5) is 22.7. The van der Waals surface area contributed by atoms with Gasteiger partial charge in [-0.15, -0.1) is 0 Å². The summed E-state index contributed by atoms with van der Waals surface area (Å²) in [7, 11) is 1.36. The van der Waals surface area contributed by atoms with Gasteiger partial charge in [-0.2, -0.15) is 0 Å². The molecule has 1 aromatic carbocycles. The molecule has 0 N–H and O–H groups in total. The van der Waals surface area contributed by atoms with Crippen LogP contribution in [0.4, 0.5) is 0 Å². The summed E-state index contributed by atoms with van der Waals surface area (Å²) in [6, 6.07) is 8.20. The van der Waals surface area contributed by atoms with E-state index >= 15 is 0 Å². The smallest absolute Gasteiger partial charge is 0.333 e. The van der Waals surface area contributed by atoms with Crippen LogP contribution in [0.3, 0.4) is 0 Å². The Labute approximate surface area is 143 Å². The summed E-state index contributed by atoms with van der Waals surface area (Å²) >= 11 is 0. The molecule has 0 unspecified atom stereocenters. The largest absolute Gasteiger partial charge is 0.466 e. The van der Waals surface area contributed by atoms with Crippen LogP contribution in [0.5, 0.6) is 0 Å². The Balaban J connectivity index is 1.88. The second-order valence-electron chi connectivity index (χ2n) is 6.18. The SMILES string of the molecule is C=C(C)C(=O)OC1CCC(c2ccc(/C=C/C(=O)OC)cc2)CC1.